The minimum absolute atomic E-state index is 0.00435. The Morgan fingerprint density at radius 3 is 2.45 bits per heavy atom. The van der Waals surface area contributed by atoms with E-state index in [0.29, 0.717) is 22.4 Å². The van der Waals surface area contributed by atoms with E-state index in [9.17, 15) is 19.2 Å². The Morgan fingerprint density at radius 2 is 1.86 bits per heavy atom. The monoisotopic (exact) mass is 458 g/mol. The number of carboxylic acids is 1. The van der Waals surface area contributed by atoms with Gasteiger partial charge in [-0.05, 0) is 70.9 Å². The van der Waals surface area contributed by atoms with Gasteiger partial charge in [0.2, 0.25) is 0 Å². The maximum absolute atomic E-state index is 12.8. The number of urea groups is 1. The highest BCUT2D eigenvalue weighted by atomic mass is 79.9. The normalized spacial score (nSPS) is 15.4. The summed E-state index contributed by atoms with van der Waals surface area (Å²) in [4.78, 5) is 49.1. The molecule has 1 saturated heterocycles. The summed E-state index contributed by atoms with van der Waals surface area (Å²) in [5, 5.41) is 11.1. The Labute approximate surface area is 173 Å². The molecule has 2 aromatic rings. The number of nitrogens with one attached hydrogen (secondary N) is 1. The van der Waals surface area contributed by atoms with E-state index in [1.165, 1.54) is 30.3 Å². The van der Waals surface area contributed by atoms with Crippen LogP contribution >= 0.6 is 15.9 Å². The van der Waals surface area contributed by atoms with Gasteiger partial charge in [-0.1, -0.05) is 6.07 Å². The number of ether oxygens (including phenoxy) is 1. The van der Waals surface area contributed by atoms with Crippen molar-refractivity contribution in [3.8, 4) is 5.75 Å². The van der Waals surface area contributed by atoms with Gasteiger partial charge in [0.05, 0.1) is 22.3 Å². The molecule has 9 heteroatoms. The molecule has 8 nitrogen and oxygen atoms in total. The van der Waals surface area contributed by atoms with Gasteiger partial charge in [0.15, 0.2) is 0 Å². The molecule has 1 heterocycles. The maximum atomic E-state index is 12.8. The van der Waals surface area contributed by atoms with Crippen molar-refractivity contribution in [1.82, 2.24) is 5.32 Å². The quantitative estimate of drug-likeness (QED) is 0.525. The van der Waals surface area contributed by atoms with E-state index < -0.39 is 23.8 Å². The lowest BCUT2D eigenvalue weighted by Crippen LogP contribution is -2.54. The van der Waals surface area contributed by atoms with Gasteiger partial charge in [-0.2, -0.15) is 0 Å². The molecule has 1 aliphatic heterocycles. The number of hydrogen-bond donors (Lipinski definition) is 2. The third-order valence-electron chi connectivity index (χ3n) is 4.04. The predicted molar refractivity (Wildman–Crippen MR) is 108 cm³/mol. The average Bonchev–Trinajstić information content (AvgIpc) is 2.67. The van der Waals surface area contributed by atoms with Crippen LogP contribution in [0.3, 0.4) is 0 Å². The van der Waals surface area contributed by atoms with Crippen LogP contribution in [0.2, 0.25) is 0 Å². The molecule has 148 valence electrons. The number of hydrogen-bond acceptors (Lipinski definition) is 5. The minimum atomic E-state index is -1.14. The molecule has 1 aliphatic rings. The van der Waals surface area contributed by atoms with E-state index >= 15 is 0 Å². The van der Waals surface area contributed by atoms with Gasteiger partial charge in [-0.15, -0.1) is 0 Å². The van der Waals surface area contributed by atoms with E-state index in [-0.39, 0.29) is 16.8 Å². The highest BCUT2D eigenvalue weighted by molar-refractivity contribution is 9.10. The maximum Gasteiger partial charge on any atom is 0.335 e. The van der Waals surface area contributed by atoms with Gasteiger partial charge in [-0.25, -0.2) is 14.5 Å². The number of carbonyl (C=O) groups excluding carboxylic acids is 3. The fraction of sp³-hybridized carbons (Fsp3) is 0.100. The highest BCUT2D eigenvalue weighted by Crippen LogP contribution is 2.28. The number of carbonyl (C=O) groups is 4. The number of imide groups is 2. The minimum Gasteiger partial charge on any atom is -0.493 e. The summed E-state index contributed by atoms with van der Waals surface area (Å²) in [6, 6.07) is 9.31. The first-order valence-electron chi connectivity index (χ1n) is 8.49. The molecule has 0 aliphatic carbocycles. The zero-order valence-corrected chi connectivity index (χ0v) is 16.7. The van der Waals surface area contributed by atoms with Crippen LogP contribution in [-0.2, 0) is 9.59 Å². The van der Waals surface area contributed by atoms with Crippen LogP contribution in [-0.4, -0.2) is 35.5 Å². The van der Waals surface area contributed by atoms with Crippen molar-refractivity contribution in [3.63, 3.8) is 0 Å². The summed E-state index contributed by atoms with van der Waals surface area (Å²) in [6.45, 7) is 2.33. The zero-order valence-electron chi connectivity index (χ0n) is 15.1. The second kappa shape index (κ2) is 8.27. The molecular weight excluding hydrogens is 444 g/mol. The molecule has 0 spiro atoms. The van der Waals surface area contributed by atoms with Gasteiger partial charge < -0.3 is 9.84 Å². The number of nitrogens with zero attached hydrogens (tertiary/aromatic N) is 1. The number of anilines is 1. The van der Waals surface area contributed by atoms with Gasteiger partial charge in [0, 0.05) is 0 Å². The summed E-state index contributed by atoms with van der Waals surface area (Å²) < 4.78 is 6.08. The molecule has 0 saturated carbocycles. The number of barbiturate groups is 1. The predicted octanol–water partition coefficient (Wildman–Crippen LogP) is 3.21. The van der Waals surface area contributed by atoms with Gasteiger partial charge in [0.25, 0.3) is 11.8 Å². The highest BCUT2D eigenvalue weighted by Gasteiger charge is 2.36. The van der Waals surface area contributed by atoms with Crippen molar-refractivity contribution in [1.29, 1.82) is 0 Å². The molecule has 2 aromatic carbocycles. The van der Waals surface area contributed by atoms with Crippen molar-refractivity contribution < 1.29 is 29.0 Å². The Balaban J connectivity index is 1.95. The van der Waals surface area contributed by atoms with Crippen LogP contribution in [0.5, 0.6) is 5.75 Å². The van der Waals surface area contributed by atoms with Crippen LogP contribution in [0.4, 0.5) is 10.5 Å². The van der Waals surface area contributed by atoms with Crippen LogP contribution < -0.4 is 15.0 Å². The lowest BCUT2D eigenvalue weighted by Gasteiger charge is -2.26. The molecule has 0 atom stereocenters. The zero-order chi connectivity index (χ0) is 21.1. The van der Waals surface area contributed by atoms with Gasteiger partial charge >= 0.3 is 12.0 Å². The summed E-state index contributed by atoms with van der Waals surface area (Å²) in [5.41, 5.74) is 0.464. The topological polar surface area (TPSA) is 113 Å². The van der Waals surface area contributed by atoms with E-state index in [1.54, 1.807) is 18.2 Å². The van der Waals surface area contributed by atoms with Crippen molar-refractivity contribution in [3.05, 3.63) is 63.6 Å². The molecule has 29 heavy (non-hydrogen) atoms. The van der Waals surface area contributed by atoms with Crippen LogP contribution in [0.25, 0.3) is 6.08 Å². The number of aromatic carboxylic acids is 1. The molecule has 0 radical (unpaired) electrons. The Morgan fingerprint density at radius 1 is 1.17 bits per heavy atom. The van der Waals surface area contributed by atoms with Crippen molar-refractivity contribution in [2.45, 2.75) is 6.92 Å². The van der Waals surface area contributed by atoms with Gasteiger partial charge in [0.1, 0.15) is 11.3 Å². The number of benzene rings is 2. The van der Waals surface area contributed by atoms with E-state index in [2.05, 4.69) is 21.2 Å². The lowest BCUT2D eigenvalue weighted by molar-refractivity contribution is -0.122. The first-order chi connectivity index (χ1) is 13.8. The lowest BCUT2D eigenvalue weighted by atomic mass is 10.1. The summed E-state index contributed by atoms with van der Waals surface area (Å²) in [5.74, 6) is -2.15. The van der Waals surface area contributed by atoms with Crippen LogP contribution in [0.1, 0.15) is 22.8 Å². The summed E-state index contributed by atoms with van der Waals surface area (Å²) in [7, 11) is 0. The second-order valence-electron chi connectivity index (χ2n) is 5.93. The molecule has 0 aromatic heterocycles. The SMILES string of the molecule is CCOc1ccc(/C=C2\C(=O)NC(=O)N(c3ccc(C(=O)O)cc3)C2=O)cc1Br. The fourth-order valence-corrected chi connectivity index (χ4v) is 3.20. The van der Waals surface area contributed by atoms with Crippen molar-refractivity contribution >= 4 is 51.5 Å². The smallest absolute Gasteiger partial charge is 0.335 e. The molecule has 1 fully saturated rings. The standard InChI is InChI=1S/C20H15BrN2O6/c1-2-29-16-8-3-11(10-15(16)21)9-14-17(24)22-20(28)23(18(14)25)13-6-4-12(5-7-13)19(26)27/h3-10H,2H2,1H3,(H,26,27)(H,22,24,28)/b14-9+. The third-order valence-corrected chi connectivity index (χ3v) is 4.66. The Bertz CT molecular complexity index is 1050. The van der Waals surface area contributed by atoms with Crippen LogP contribution in [0.15, 0.2) is 52.5 Å². The second-order valence-corrected chi connectivity index (χ2v) is 6.79. The average molecular weight is 459 g/mol. The number of amides is 4. The summed E-state index contributed by atoms with van der Waals surface area (Å²) in [6.07, 6.45) is 1.36. The van der Waals surface area contributed by atoms with Gasteiger partial charge in [-0.3, -0.25) is 14.9 Å². The third kappa shape index (κ3) is 4.19. The van der Waals surface area contributed by atoms with E-state index in [1.807, 2.05) is 6.92 Å². The summed E-state index contributed by atoms with van der Waals surface area (Å²) >= 11 is 3.37. The Kier molecular flexibility index (Phi) is 5.79. The van der Waals surface area contributed by atoms with E-state index in [4.69, 9.17) is 9.84 Å². The Hall–Kier alpha value is -3.46. The molecule has 3 rings (SSSR count). The molecule has 0 unspecified atom stereocenters. The fourth-order valence-electron chi connectivity index (χ4n) is 2.69. The first kappa shape index (κ1) is 20.3. The number of carboxylic acid groups (broad SMARTS) is 1. The number of halogens is 1. The molecular formula is C20H15BrN2O6. The largest absolute Gasteiger partial charge is 0.493 e. The molecule has 0 bridgehead atoms. The molecule has 4 amide bonds. The number of rotatable bonds is 5. The van der Waals surface area contributed by atoms with Crippen molar-refractivity contribution in [2.75, 3.05) is 11.5 Å². The first-order valence-corrected chi connectivity index (χ1v) is 9.28. The van der Waals surface area contributed by atoms with Crippen LogP contribution in [0, 0.1) is 0 Å². The van der Waals surface area contributed by atoms with E-state index in [0.717, 1.165) is 4.90 Å². The van der Waals surface area contributed by atoms with Crippen molar-refractivity contribution in [2.24, 2.45) is 0 Å². The molecule has 2 N–H and O–H groups in total.